The van der Waals surface area contributed by atoms with Crippen LogP contribution in [0.15, 0.2) is 11.4 Å². The van der Waals surface area contributed by atoms with Gasteiger partial charge in [-0.1, -0.05) is 0 Å². The molecule has 48 valence electrons. The van der Waals surface area contributed by atoms with Gasteiger partial charge in [0.2, 0.25) is 0 Å². The lowest BCUT2D eigenvalue weighted by atomic mass is 10.4. The van der Waals surface area contributed by atoms with E-state index in [1.165, 1.54) is 11.3 Å². The number of aryl methyl sites for hydroxylation is 1. The number of thiophene rings is 1. The van der Waals surface area contributed by atoms with Crippen molar-refractivity contribution in [2.45, 2.75) is 6.92 Å². The van der Waals surface area contributed by atoms with Crippen LogP contribution in [-0.4, -0.2) is 6.47 Å². The molecule has 0 saturated carbocycles. The van der Waals surface area contributed by atoms with Crippen molar-refractivity contribution in [1.82, 2.24) is 0 Å². The molecule has 1 aromatic heterocycles. The molecule has 0 aliphatic rings. The third kappa shape index (κ3) is 1.29. The summed E-state index contributed by atoms with van der Waals surface area (Å²) in [6.45, 7) is 2.34. The third-order valence-electron chi connectivity index (χ3n) is 0.970. The smallest absolute Gasteiger partial charge is 0.299 e. The Balaban J connectivity index is 2.80. The van der Waals surface area contributed by atoms with E-state index in [1.54, 1.807) is 0 Å². The number of hydrogen-bond acceptors (Lipinski definition) is 3. The molecule has 0 atom stereocenters. The van der Waals surface area contributed by atoms with Crippen molar-refractivity contribution in [2.75, 3.05) is 0 Å². The normalized spacial score (nSPS) is 9.00. The fourth-order valence-corrected chi connectivity index (χ4v) is 1.27. The summed E-state index contributed by atoms with van der Waals surface area (Å²) in [5.41, 5.74) is 1.01. The highest BCUT2D eigenvalue weighted by Gasteiger charge is 1.96. The quantitative estimate of drug-likeness (QED) is 0.586. The number of hydrogen-bond donors (Lipinski definition) is 0. The Kier molecular flexibility index (Phi) is 1.85. The molecule has 1 rings (SSSR count). The van der Waals surface area contributed by atoms with Gasteiger partial charge in [-0.25, -0.2) is 0 Å². The first-order valence-electron chi connectivity index (χ1n) is 2.49. The summed E-state index contributed by atoms with van der Waals surface area (Å²) in [6, 6.07) is 1.91. The maximum atomic E-state index is 9.81. The Morgan fingerprint density at radius 3 is 3.00 bits per heavy atom. The molecular weight excluding hydrogens is 136 g/mol. The second-order valence-corrected chi connectivity index (χ2v) is 2.48. The predicted molar refractivity (Wildman–Crippen MR) is 35.7 cm³/mol. The number of ether oxygens (including phenoxy) is 1. The van der Waals surface area contributed by atoms with E-state index in [4.69, 9.17) is 0 Å². The van der Waals surface area contributed by atoms with Gasteiger partial charge in [-0.15, -0.1) is 11.3 Å². The summed E-state index contributed by atoms with van der Waals surface area (Å²) in [6.07, 6.45) is 0. The Hall–Kier alpha value is -0.830. The van der Waals surface area contributed by atoms with Crippen molar-refractivity contribution in [3.8, 4) is 5.06 Å². The third-order valence-corrected chi connectivity index (χ3v) is 1.87. The molecule has 0 fully saturated rings. The largest absolute Gasteiger partial charge is 0.417 e. The van der Waals surface area contributed by atoms with E-state index >= 15 is 0 Å². The van der Waals surface area contributed by atoms with E-state index < -0.39 is 0 Å². The molecular formula is C6H6O2S. The molecule has 0 radical (unpaired) electrons. The minimum absolute atomic E-state index is 0.443. The average Bonchev–Trinajstić information content (AvgIpc) is 2.18. The molecule has 0 amide bonds. The zero-order valence-electron chi connectivity index (χ0n) is 4.96. The lowest BCUT2D eigenvalue weighted by molar-refractivity contribution is -0.120. The molecule has 0 saturated heterocycles. The molecule has 0 unspecified atom stereocenters. The first-order valence-corrected chi connectivity index (χ1v) is 3.37. The van der Waals surface area contributed by atoms with Crippen LogP contribution in [-0.2, 0) is 4.79 Å². The van der Waals surface area contributed by atoms with Gasteiger partial charge >= 0.3 is 0 Å². The second-order valence-electron chi connectivity index (χ2n) is 1.61. The fourth-order valence-electron chi connectivity index (χ4n) is 0.523. The van der Waals surface area contributed by atoms with Gasteiger partial charge in [0.15, 0.2) is 5.06 Å². The topological polar surface area (TPSA) is 26.3 Å². The van der Waals surface area contributed by atoms with Gasteiger partial charge in [0.1, 0.15) is 0 Å². The van der Waals surface area contributed by atoms with Crippen LogP contribution >= 0.6 is 11.3 Å². The molecule has 0 aliphatic carbocycles. The van der Waals surface area contributed by atoms with Crippen LogP contribution in [0.4, 0.5) is 0 Å². The molecule has 0 bridgehead atoms. The summed E-state index contributed by atoms with van der Waals surface area (Å²) in [5, 5.41) is 2.57. The van der Waals surface area contributed by atoms with E-state index in [0.717, 1.165) is 5.56 Å². The summed E-state index contributed by atoms with van der Waals surface area (Å²) in [5.74, 6) is 0. The van der Waals surface area contributed by atoms with Crippen LogP contribution in [0.2, 0.25) is 0 Å². The van der Waals surface area contributed by atoms with Crippen molar-refractivity contribution in [1.29, 1.82) is 0 Å². The summed E-state index contributed by atoms with van der Waals surface area (Å²) in [7, 11) is 0. The van der Waals surface area contributed by atoms with Crippen molar-refractivity contribution >= 4 is 17.8 Å². The Morgan fingerprint density at radius 1 is 1.78 bits per heavy atom. The summed E-state index contributed by atoms with van der Waals surface area (Å²) < 4.78 is 4.61. The molecule has 9 heavy (non-hydrogen) atoms. The SMILES string of the molecule is Cc1ccsc1OC=O. The predicted octanol–water partition coefficient (Wildman–Crippen LogP) is 1.59. The van der Waals surface area contributed by atoms with Gasteiger partial charge in [0.05, 0.1) is 0 Å². The maximum Gasteiger partial charge on any atom is 0.299 e. The van der Waals surface area contributed by atoms with E-state index in [-0.39, 0.29) is 0 Å². The first kappa shape index (κ1) is 6.29. The molecule has 0 aromatic carbocycles. The van der Waals surface area contributed by atoms with Gasteiger partial charge in [0, 0.05) is 5.56 Å². The van der Waals surface area contributed by atoms with Crippen LogP contribution in [0.5, 0.6) is 5.06 Å². The second kappa shape index (κ2) is 2.64. The Labute approximate surface area is 57.1 Å². The summed E-state index contributed by atoms with van der Waals surface area (Å²) >= 11 is 1.42. The number of rotatable bonds is 2. The van der Waals surface area contributed by atoms with Gasteiger partial charge in [-0.3, -0.25) is 4.79 Å². The molecule has 0 N–H and O–H groups in total. The van der Waals surface area contributed by atoms with Crippen molar-refractivity contribution in [2.24, 2.45) is 0 Å². The molecule has 0 spiro atoms. The number of carbonyl (C=O) groups is 1. The van der Waals surface area contributed by atoms with Crippen molar-refractivity contribution in [3.63, 3.8) is 0 Å². The highest BCUT2D eigenvalue weighted by molar-refractivity contribution is 7.12. The summed E-state index contributed by atoms with van der Waals surface area (Å²) in [4.78, 5) is 9.81. The highest BCUT2D eigenvalue weighted by Crippen LogP contribution is 2.23. The zero-order chi connectivity index (χ0) is 6.69. The van der Waals surface area contributed by atoms with E-state index in [2.05, 4.69) is 4.74 Å². The van der Waals surface area contributed by atoms with Gasteiger partial charge in [-0.2, -0.15) is 0 Å². The Morgan fingerprint density at radius 2 is 2.56 bits per heavy atom. The van der Waals surface area contributed by atoms with Gasteiger partial charge in [-0.05, 0) is 18.4 Å². The van der Waals surface area contributed by atoms with E-state index in [1.807, 2.05) is 18.4 Å². The monoisotopic (exact) mass is 142 g/mol. The molecule has 0 aliphatic heterocycles. The van der Waals surface area contributed by atoms with Crippen LogP contribution < -0.4 is 4.74 Å². The van der Waals surface area contributed by atoms with E-state index in [9.17, 15) is 4.79 Å². The molecule has 1 aromatic rings. The standard InChI is InChI=1S/C6H6O2S/c1-5-2-3-9-6(5)8-4-7/h2-4H,1H3. The van der Waals surface area contributed by atoms with Crippen LogP contribution in [0, 0.1) is 6.92 Å². The number of carbonyl (C=O) groups excluding carboxylic acids is 1. The lowest BCUT2D eigenvalue weighted by Crippen LogP contribution is -1.85. The van der Waals surface area contributed by atoms with Crippen molar-refractivity contribution in [3.05, 3.63) is 17.0 Å². The molecule has 1 heterocycles. The Bertz CT molecular complexity index is 205. The molecule has 2 nitrogen and oxygen atoms in total. The first-order chi connectivity index (χ1) is 4.34. The lowest BCUT2D eigenvalue weighted by Gasteiger charge is -1.90. The maximum absolute atomic E-state index is 9.81. The average molecular weight is 142 g/mol. The van der Waals surface area contributed by atoms with Crippen molar-refractivity contribution < 1.29 is 9.53 Å². The van der Waals surface area contributed by atoms with Gasteiger partial charge < -0.3 is 4.74 Å². The van der Waals surface area contributed by atoms with Crippen LogP contribution in [0.1, 0.15) is 5.56 Å². The minimum atomic E-state index is 0.443. The minimum Gasteiger partial charge on any atom is -0.417 e. The van der Waals surface area contributed by atoms with E-state index in [0.29, 0.717) is 11.5 Å². The van der Waals surface area contributed by atoms with Crippen LogP contribution in [0.25, 0.3) is 0 Å². The molecule has 3 heteroatoms. The van der Waals surface area contributed by atoms with Crippen LogP contribution in [0.3, 0.4) is 0 Å². The fraction of sp³-hybridized carbons (Fsp3) is 0.167. The van der Waals surface area contributed by atoms with Gasteiger partial charge in [0.25, 0.3) is 6.47 Å². The highest BCUT2D eigenvalue weighted by atomic mass is 32.1. The zero-order valence-corrected chi connectivity index (χ0v) is 5.77.